The number of carbonyl (C=O) groups excluding carboxylic acids is 8. The number of Topliss-reactive ketones (excluding diaryl/α,β-unsaturated/α-hetero) is 4. The number of rotatable bonds is 43. The Balaban J connectivity index is 1.33. The molecule has 0 aliphatic rings. The van der Waals surface area contributed by atoms with E-state index in [1.807, 2.05) is 0 Å². The number of aliphatic carboxylic acids is 1. The van der Waals surface area contributed by atoms with E-state index in [1.165, 1.54) is 64.8 Å². The van der Waals surface area contributed by atoms with E-state index in [4.69, 9.17) is 47.6 Å². The third-order valence-corrected chi connectivity index (χ3v) is 15.7. The number of carboxylic acid groups (broad SMARTS) is 1. The summed E-state index contributed by atoms with van der Waals surface area (Å²) in [6, 6.07) is 22.4. The van der Waals surface area contributed by atoms with Crippen molar-refractivity contribution in [2.24, 2.45) is 28.7 Å². The van der Waals surface area contributed by atoms with E-state index in [2.05, 4.69) is 21.3 Å². The number of amides is 4. The van der Waals surface area contributed by atoms with E-state index in [9.17, 15) is 48.3 Å². The van der Waals surface area contributed by atoms with Gasteiger partial charge in [-0.2, -0.15) is 0 Å². The summed E-state index contributed by atoms with van der Waals surface area (Å²) in [5.41, 5.74) is 31.9. The van der Waals surface area contributed by atoms with Crippen LogP contribution in [-0.4, -0.2) is 143 Å². The Morgan fingerprint density at radius 1 is 0.370 bits per heavy atom. The van der Waals surface area contributed by atoms with Crippen molar-refractivity contribution in [1.29, 1.82) is 0 Å². The highest BCUT2D eigenvalue weighted by molar-refractivity contribution is 6.04. The van der Waals surface area contributed by atoms with E-state index >= 15 is 0 Å². The molecule has 0 aliphatic carbocycles. The Kier molecular flexibility index (Phi) is 31.1. The number of benzene rings is 5. The van der Waals surface area contributed by atoms with E-state index in [0.29, 0.717) is 105 Å². The van der Waals surface area contributed by atoms with Gasteiger partial charge < -0.3 is 74.0 Å². The van der Waals surface area contributed by atoms with Crippen LogP contribution in [0.25, 0.3) is 0 Å². The third-order valence-electron chi connectivity index (χ3n) is 15.7. The Morgan fingerprint density at radius 2 is 0.652 bits per heavy atom. The summed E-state index contributed by atoms with van der Waals surface area (Å²) in [7, 11) is 5.52. The largest absolute Gasteiger partial charge is 0.496 e. The summed E-state index contributed by atoms with van der Waals surface area (Å²) in [5, 5.41) is 21.2. The van der Waals surface area contributed by atoms with Gasteiger partial charge in [-0.1, -0.05) is 61.0 Å². The second-order valence-corrected chi connectivity index (χ2v) is 22.6. The van der Waals surface area contributed by atoms with Crippen molar-refractivity contribution in [3.63, 3.8) is 0 Å². The highest BCUT2D eigenvalue weighted by Crippen LogP contribution is 2.27. The van der Waals surface area contributed by atoms with E-state index < -0.39 is 71.4 Å². The Morgan fingerprint density at radius 3 is 0.935 bits per heavy atom. The summed E-state index contributed by atoms with van der Waals surface area (Å²) in [6.45, 7) is 1.51. The summed E-state index contributed by atoms with van der Waals surface area (Å²) < 4.78 is 22.2. The van der Waals surface area contributed by atoms with Crippen molar-refractivity contribution >= 4 is 52.7 Å². The van der Waals surface area contributed by atoms with Crippen LogP contribution in [0.15, 0.2) is 103 Å². The number of carbonyl (C=O) groups is 9. The summed E-state index contributed by atoms with van der Waals surface area (Å²) in [5.74, 6) is -4.58. The maximum absolute atomic E-state index is 14.4. The van der Waals surface area contributed by atoms with Gasteiger partial charge in [0, 0.05) is 32.1 Å². The zero-order valence-electron chi connectivity index (χ0n) is 53.2. The minimum atomic E-state index is -1.27. The third kappa shape index (κ3) is 22.8. The van der Waals surface area contributed by atoms with Crippen molar-refractivity contribution < 1.29 is 67.2 Å². The summed E-state index contributed by atoms with van der Waals surface area (Å²) >= 11 is 0. The van der Waals surface area contributed by atoms with Crippen LogP contribution < -0.4 is 68.9 Å². The lowest BCUT2D eigenvalue weighted by Gasteiger charge is -2.21. The number of unbranched alkanes of at least 4 members (excludes halogenated alkanes) is 4. The predicted molar refractivity (Wildman–Crippen MR) is 349 cm³/mol. The molecule has 23 heteroatoms. The fraction of sp³-hybridized carbons (Fsp3) is 0.435. The van der Waals surface area contributed by atoms with E-state index in [-0.39, 0.29) is 108 Å². The lowest BCUT2D eigenvalue weighted by Crippen LogP contribution is -2.42. The predicted octanol–water partition coefficient (Wildman–Crippen LogP) is 4.83. The van der Waals surface area contributed by atoms with Crippen molar-refractivity contribution in [3.05, 3.63) is 153 Å². The molecule has 0 radical (unpaired) electrons. The second-order valence-electron chi connectivity index (χ2n) is 22.6. The molecule has 0 bridgehead atoms. The van der Waals surface area contributed by atoms with Crippen LogP contribution in [0.1, 0.15) is 146 Å². The van der Waals surface area contributed by atoms with Crippen LogP contribution in [0.5, 0.6) is 23.0 Å². The van der Waals surface area contributed by atoms with Gasteiger partial charge in [0.2, 0.25) is 0 Å². The standard InChI is InChI=1S/C69H91N9O14/c1-89-61-26-22-44(39-57(79)52(74)18-8-12-30-70)34-48(61)65(83)75-53(19-9-13-31-71)58(80)40-45-23-27-62(90-2)49(35-45)66(84)76-54(20-10-14-32-72)59(81)41-46-24-28-63(91-3)50(36-46)67(85)77-55(21-11-15-33-73)60(82)42-47-25-29-64(92-4)51(37-47)68(86)78-56(69(87)88)38-43-16-6-5-7-17-43/h5-7,16-17,22-29,34-37,52-56H,8-15,18-21,30-33,38-42,70-74H2,1-4H3,(H,75,83)(H,76,84)(H,77,85)(H,78,86)(H,87,88)/t52-,53-,54-,55-,56-/m0/s1. The molecule has 5 aromatic carbocycles. The van der Waals surface area contributed by atoms with Crippen LogP contribution in [-0.2, 0) is 56.1 Å². The van der Waals surface area contributed by atoms with Crippen LogP contribution in [0.4, 0.5) is 0 Å². The highest BCUT2D eigenvalue weighted by Gasteiger charge is 2.30. The molecule has 92 heavy (non-hydrogen) atoms. The lowest BCUT2D eigenvalue weighted by molar-refractivity contribution is -0.139. The average molecular weight is 1270 g/mol. The molecule has 0 spiro atoms. The first-order valence-corrected chi connectivity index (χ1v) is 31.2. The highest BCUT2D eigenvalue weighted by atomic mass is 16.5. The van der Waals surface area contributed by atoms with E-state index in [0.717, 1.165) is 6.42 Å². The zero-order chi connectivity index (χ0) is 67.1. The molecule has 0 fully saturated rings. The quantitative estimate of drug-likeness (QED) is 0.0234. The molecule has 15 N–H and O–H groups in total. The van der Waals surface area contributed by atoms with Gasteiger partial charge >= 0.3 is 5.97 Å². The summed E-state index contributed by atoms with van der Waals surface area (Å²) in [6.07, 6.45) is 5.02. The maximum Gasteiger partial charge on any atom is 0.326 e. The van der Waals surface area contributed by atoms with Gasteiger partial charge in [-0.25, -0.2) is 4.79 Å². The first-order chi connectivity index (χ1) is 44.3. The SMILES string of the molecule is COc1ccc(CC(=O)[C@H](CCCCN)NC(=O)c2cc(CC(=O)[C@H](CCCCN)NC(=O)c3cc(CC(=O)[C@H](CCCCN)NC(=O)c4cc(CC(=O)[C@@H](N)CCCCN)ccc4OC)ccc3OC)ccc2OC)cc1C(=O)N[C@@H](Cc1ccccc1)C(=O)O. The summed E-state index contributed by atoms with van der Waals surface area (Å²) in [4.78, 5) is 125. The number of carboxylic acids is 1. The number of hydrogen-bond acceptors (Lipinski definition) is 18. The monoisotopic (exact) mass is 1270 g/mol. The second kappa shape index (κ2) is 38.7. The molecule has 23 nitrogen and oxygen atoms in total. The minimum Gasteiger partial charge on any atom is -0.496 e. The molecule has 0 aliphatic heterocycles. The first kappa shape index (κ1) is 73.9. The van der Waals surface area contributed by atoms with Gasteiger partial charge in [-0.3, -0.25) is 38.4 Å². The number of ketones is 4. The first-order valence-electron chi connectivity index (χ1n) is 31.2. The molecule has 0 saturated carbocycles. The molecule has 0 heterocycles. The average Bonchev–Trinajstić information content (AvgIpc) is 0.979. The smallest absolute Gasteiger partial charge is 0.326 e. The number of nitrogens with one attached hydrogen (secondary N) is 4. The van der Waals surface area contributed by atoms with Gasteiger partial charge in [0.25, 0.3) is 23.6 Å². The van der Waals surface area contributed by atoms with Gasteiger partial charge in [0.1, 0.15) is 29.0 Å². The molecular formula is C69H91N9O14. The van der Waals surface area contributed by atoms with Gasteiger partial charge in [-0.05, 0) is 173 Å². The molecule has 0 unspecified atom stereocenters. The van der Waals surface area contributed by atoms with Crippen molar-refractivity contribution in [1.82, 2.24) is 21.3 Å². The molecule has 0 saturated heterocycles. The van der Waals surface area contributed by atoms with Crippen molar-refractivity contribution in [2.75, 3.05) is 54.6 Å². The zero-order valence-corrected chi connectivity index (χ0v) is 53.2. The normalized spacial score (nSPS) is 12.7. The topological polar surface area (TPSA) is 389 Å². The molecule has 4 amide bonds. The molecule has 5 rings (SSSR count). The fourth-order valence-electron chi connectivity index (χ4n) is 10.6. The molecule has 5 atom stereocenters. The molecule has 496 valence electrons. The van der Waals surface area contributed by atoms with Gasteiger partial charge in [0.05, 0.1) is 74.9 Å². The minimum absolute atomic E-state index is 0.00519. The van der Waals surface area contributed by atoms with Crippen LogP contribution in [0.2, 0.25) is 0 Å². The van der Waals surface area contributed by atoms with Crippen molar-refractivity contribution in [3.8, 4) is 23.0 Å². The van der Waals surface area contributed by atoms with E-state index in [1.54, 1.807) is 66.7 Å². The molecule has 5 aromatic rings. The Hall–Kier alpha value is -8.87. The number of ether oxygens (including phenoxy) is 4. The van der Waals surface area contributed by atoms with Gasteiger partial charge in [-0.15, -0.1) is 0 Å². The van der Waals surface area contributed by atoms with Gasteiger partial charge in [0.15, 0.2) is 23.1 Å². The Labute approximate surface area is 537 Å². The van der Waals surface area contributed by atoms with Crippen LogP contribution in [0, 0.1) is 0 Å². The number of nitrogens with two attached hydrogens (primary N) is 5. The lowest BCUT2D eigenvalue weighted by atomic mass is 9.95. The maximum atomic E-state index is 14.4. The molecular weight excluding hydrogens is 1180 g/mol. The number of hydrogen-bond donors (Lipinski definition) is 10. The van der Waals surface area contributed by atoms with Crippen molar-refractivity contribution in [2.45, 2.75) is 139 Å². The van der Waals surface area contributed by atoms with Crippen LogP contribution >= 0.6 is 0 Å². The number of methoxy groups -OCH3 is 4. The Bertz CT molecular complexity index is 3310. The van der Waals surface area contributed by atoms with Crippen LogP contribution in [0.3, 0.4) is 0 Å². The fourth-order valence-corrected chi connectivity index (χ4v) is 10.6. The molecule has 0 aromatic heterocycles.